The van der Waals surface area contributed by atoms with Crippen molar-refractivity contribution in [3.63, 3.8) is 0 Å². The minimum absolute atomic E-state index is 0.0237. The van der Waals surface area contributed by atoms with Gasteiger partial charge in [-0.25, -0.2) is 8.42 Å². The highest BCUT2D eigenvalue weighted by Gasteiger charge is 2.28. The smallest absolute Gasteiger partial charge is 0.264 e. The molecule has 1 amide bonds. The number of rotatable bonds is 4. The quantitative estimate of drug-likeness (QED) is 0.779. The van der Waals surface area contributed by atoms with E-state index < -0.39 is 10.0 Å². The minimum atomic E-state index is -3.27. The van der Waals surface area contributed by atoms with Crippen LogP contribution in [0.3, 0.4) is 0 Å². The molecule has 1 saturated heterocycles. The number of piperazine rings is 1. The first-order chi connectivity index (χ1) is 9.04. The van der Waals surface area contributed by atoms with Crippen molar-refractivity contribution >= 4 is 38.9 Å². The van der Waals surface area contributed by atoms with Crippen molar-refractivity contribution in [3.8, 4) is 0 Å². The first-order valence-electron chi connectivity index (χ1n) is 5.91. The van der Waals surface area contributed by atoms with E-state index in [4.69, 9.17) is 11.6 Å². The van der Waals surface area contributed by atoms with Gasteiger partial charge in [0.15, 0.2) is 0 Å². The molecule has 1 aliphatic heterocycles. The number of carbonyl (C=O) groups is 1. The van der Waals surface area contributed by atoms with Crippen LogP contribution in [0.2, 0.25) is 0 Å². The number of hydrogen-bond acceptors (Lipinski definition) is 4. The van der Waals surface area contributed by atoms with Crippen LogP contribution in [-0.2, 0) is 10.0 Å². The van der Waals surface area contributed by atoms with E-state index in [0.717, 1.165) is 0 Å². The number of carbonyl (C=O) groups excluding carboxylic acids is 1. The number of hydrogen-bond donors (Lipinski definition) is 0. The summed E-state index contributed by atoms with van der Waals surface area (Å²) in [6.07, 6.45) is 0. The highest BCUT2D eigenvalue weighted by molar-refractivity contribution is 7.89. The van der Waals surface area contributed by atoms with Crippen molar-refractivity contribution in [2.24, 2.45) is 0 Å². The topological polar surface area (TPSA) is 57.7 Å². The van der Waals surface area contributed by atoms with Crippen LogP contribution in [0.1, 0.15) is 9.67 Å². The highest BCUT2D eigenvalue weighted by atomic mass is 35.5. The van der Waals surface area contributed by atoms with Crippen molar-refractivity contribution < 1.29 is 13.2 Å². The molecule has 0 aromatic carbocycles. The Bertz CT molecular complexity index is 522. The molecule has 0 N–H and O–H groups in total. The van der Waals surface area contributed by atoms with Crippen molar-refractivity contribution in [3.05, 3.63) is 22.4 Å². The van der Waals surface area contributed by atoms with E-state index in [-0.39, 0.29) is 17.5 Å². The molecule has 1 aliphatic rings. The summed E-state index contributed by atoms with van der Waals surface area (Å²) < 4.78 is 25.1. The normalized spacial score (nSPS) is 17.6. The highest BCUT2D eigenvalue weighted by Crippen LogP contribution is 2.15. The monoisotopic (exact) mass is 322 g/mol. The Morgan fingerprint density at radius 3 is 2.53 bits per heavy atom. The molecule has 0 saturated carbocycles. The third-order valence-electron chi connectivity index (χ3n) is 2.99. The number of nitrogens with zero attached hydrogens (tertiary/aromatic N) is 2. The number of halogens is 1. The van der Waals surface area contributed by atoms with Gasteiger partial charge in [-0.3, -0.25) is 4.79 Å². The average molecular weight is 323 g/mol. The van der Waals surface area contributed by atoms with Gasteiger partial charge >= 0.3 is 0 Å². The van der Waals surface area contributed by atoms with Gasteiger partial charge in [-0.1, -0.05) is 6.07 Å². The molecular weight excluding hydrogens is 308 g/mol. The lowest BCUT2D eigenvalue weighted by Gasteiger charge is -2.33. The summed E-state index contributed by atoms with van der Waals surface area (Å²) in [6, 6.07) is 3.61. The first kappa shape index (κ1) is 14.8. The van der Waals surface area contributed by atoms with Gasteiger partial charge in [0.25, 0.3) is 5.91 Å². The Labute approximate surface area is 121 Å². The molecule has 1 aromatic rings. The van der Waals surface area contributed by atoms with Gasteiger partial charge in [0.05, 0.1) is 10.6 Å². The lowest BCUT2D eigenvalue weighted by atomic mass is 10.3. The van der Waals surface area contributed by atoms with Gasteiger partial charge < -0.3 is 4.90 Å². The molecule has 106 valence electrons. The summed E-state index contributed by atoms with van der Waals surface area (Å²) >= 11 is 6.88. The average Bonchev–Trinajstić information content (AvgIpc) is 2.92. The molecule has 19 heavy (non-hydrogen) atoms. The van der Waals surface area contributed by atoms with Crippen LogP contribution in [0.25, 0.3) is 0 Å². The van der Waals surface area contributed by atoms with Crippen LogP contribution < -0.4 is 0 Å². The minimum Gasteiger partial charge on any atom is -0.335 e. The van der Waals surface area contributed by atoms with E-state index in [1.807, 2.05) is 11.4 Å². The number of thiophene rings is 1. The van der Waals surface area contributed by atoms with Crippen molar-refractivity contribution in [2.75, 3.05) is 37.8 Å². The maximum absolute atomic E-state index is 12.1. The predicted molar refractivity (Wildman–Crippen MR) is 76.3 cm³/mol. The molecule has 5 nitrogen and oxygen atoms in total. The molecule has 0 spiro atoms. The van der Waals surface area contributed by atoms with Gasteiger partial charge in [-0.15, -0.1) is 22.9 Å². The third kappa shape index (κ3) is 3.47. The van der Waals surface area contributed by atoms with E-state index >= 15 is 0 Å². The van der Waals surface area contributed by atoms with Gasteiger partial charge in [-0.05, 0) is 11.4 Å². The maximum Gasteiger partial charge on any atom is 0.264 e. The second-order valence-electron chi connectivity index (χ2n) is 4.17. The Morgan fingerprint density at radius 2 is 2.00 bits per heavy atom. The lowest BCUT2D eigenvalue weighted by molar-refractivity contribution is 0.0703. The van der Waals surface area contributed by atoms with Crippen LogP contribution in [0.4, 0.5) is 0 Å². The zero-order chi connectivity index (χ0) is 13.9. The van der Waals surface area contributed by atoms with Crippen molar-refractivity contribution in [1.82, 2.24) is 9.21 Å². The summed E-state index contributed by atoms with van der Waals surface area (Å²) in [5.41, 5.74) is 0. The molecular formula is C11H15ClN2O3S2. The molecule has 1 aromatic heterocycles. The van der Waals surface area contributed by atoms with E-state index in [1.54, 1.807) is 11.0 Å². The number of sulfonamides is 1. The zero-order valence-electron chi connectivity index (χ0n) is 10.3. The van der Waals surface area contributed by atoms with E-state index in [1.165, 1.54) is 15.6 Å². The Kier molecular flexibility index (Phi) is 4.83. The second kappa shape index (κ2) is 6.21. The number of alkyl halides is 1. The molecule has 0 unspecified atom stereocenters. The lowest BCUT2D eigenvalue weighted by Crippen LogP contribution is -2.51. The van der Waals surface area contributed by atoms with Crippen LogP contribution in [0.5, 0.6) is 0 Å². The van der Waals surface area contributed by atoms with Crippen LogP contribution in [-0.4, -0.2) is 61.3 Å². The standard InChI is InChI=1S/C11H15ClN2O3S2/c12-3-9-19(16,17)14-6-4-13(5-7-14)11(15)10-2-1-8-18-10/h1-2,8H,3-7,9H2. The SMILES string of the molecule is O=C(c1cccs1)N1CCN(S(=O)(=O)CCCl)CC1. The van der Waals surface area contributed by atoms with E-state index in [9.17, 15) is 13.2 Å². The fourth-order valence-corrected chi connectivity index (χ4v) is 4.40. The first-order valence-corrected chi connectivity index (χ1v) is 8.93. The molecule has 2 heterocycles. The summed E-state index contributed by atoms with van der Waals surface area (Å²) in [6.45, 7) is 1.54. The van der Waals surface area contributed by atoms with Gasteiger partial charge in [0, 0.05) is 32.1 Å². The fraction of sp³-hybridized carbons (Fsp3) is 0.545. The largest absolute Gasteiger partial charge is 0.335 e. The summed E-state index contributed by atoms with van der Waals surface area (Å²) in [4.78, 5) is 14.5. The Hall–Kier alpha value is -0.630. The van der Waals surface area contributed by atoms with E-state index in [2.05, 4.69) is 0 Å². The molecule has 0 aliphatic carbocycles. The Morgan fingerprint density at radius 1 is 1.32 bits per heavy atom. The zero-order valence-corrected chi connectivity index (χ0v) is 12.7. The van der Waals surface area contributed by atoms with Crippen molar-refractivity contribution in [2.45, 2.75) is 0 Å². The van der Waals surface area contributed by atoms with Crippen LogP contribution in [0.15, 0.2) is 17.5 Å². The summed E-state index contributed by atoms with van der Waals surface area (Å²) in [5.74, 6) is 0.0220. The molecule has 2 rings (SSSR count). The number of amides is 1. The van der Waals surface area contributed by atoms with Crippen LogP contribution in [0, 0.1) is 0 Å². The van der Waals surface area contributed by atoms with Gasteiger partial charge in [0.2, 0.25) is 10.0 Å². The van der Waals surface area contributed by atoms with Crippen LogP contribution >= 0.6 is 22.9 Å². The van der Waals surface area contributed by atoms with Gasteiger partial charge in [0.1, 0.15) is 0 Å². The fourth-order valence-electron chi connectivity index (χ4n) is 1.95. The predicted octanol–water partition coefficient (Wildman–Crippen LogP) is 1.07. The third-order valence-corrected chi connectivity index (χ3v) is 6.13. The molecule has 8 heteroatoms. The van der Waals surface area contributed by atoms with Gasteiger partial charge in [-0.2, -0.15) is 4.31 Å². The van der Waals surface area contributed by atoms with E-state index in [0.29, 0.717) is 31.1 Å². The summed E-state index contributed by atoms with van der Waals surface area (Å²) in [5, 5.41) is 1.86. The Balaban J connectivity index is 1.94. The molecule has 0 bridgehead atoms. The maximum atomic E-state index is 12.1. The molecule has 0 atom stereocenters. The van der Waals surface area contributed by atoms with Crippen molar-refractivity contribution in [1.29, 1.82) is 0 Å². The second-order valence-corrected chi connectivity index (χ2v) is 7.59. The molecule has 0 radical (unpaired) electrons. The summed E-state index contributed by atoms with van der Waals surface area (Å²) in [7, 11) is -3.27. The molecule has 1 fully saturated rings.